The first-order valence-corrected chi connectivity index (χ1v) is 18.6. The summed E-state index contributed by atoms with van der Waals surface area (Å²) in [6.07, 6.45) is 12.5. The molecule has 0 radical (unpaired) electrons. The van der Waals surface area contributed by atoms with Crippen LogP contribution in [0.25, 0.3) is 0 Å². The molecule has 0 fully saturated rings. The molecule has 4 heteroatoms. The van der Waals surface area contributed by atoms with Crippen LogP contribution in [0.1, 0.15) is 113 Å². The summed E-state index contributed by atoms with van der Waals surface area (Å²) >= 11 is 0. The molecule has 0 N–H and O–H groups in total. The van der Waals surface area contributed by atoms with Crippen LogP contribution in [0.4, 0.5) is 0 Å². The smallest absolute Gasteiger partial charge is 0.261 e. The molecule has 0 aliphatic rings. The standard InChI is InChI=1S/C37H62O3Si/c1-8-9-10-11-12-19-28-39-34(30-38-29-27-33(4)22-20-21-32(2)3)31-40-41(37(5,6)7,35-23-15-13-16-24-35)36-25-17-14-18-26-36/h13-18,23-26,32-34H,8-12,19-22,27-31H2,1-7H3/t33-,34+/m1/s1. The highest BCUT2D eigenvalue weighted by Gasteiger charge is 2.50. The molecule has 0 unspecified atom stereocenters. The highest BCUT2D eigenvalue weighted by Crippen LogP contribution is 2.37. The van der Waals surface area contributed by atoms with Crippen molar-refractivity contribution in [3.63, 3.8) is 0 Å². The summed E-state index contributed by atoms with van der Waals surface area (Å²) in [6, 6.07) is 21.8. The summed E-state index contributed by atoms with van der Waals surface area (Å²) < 4.78 is 20.0. The minimum Gasteiger partial charge on any atom is -0.405 e. The summed E-state index contributed by atoms with van der Waals surface area (Å²) in [4.78, 5) is 0. The van der Waals surface area contributed by atoms with Crippen molar-refractivity contribution in [1.82, 2.24) is 0 Å². The van der Waals surface area contributed by atoms with Crippen molar-refractivity contribution in [3.05, 3.63) is 60.7 Å². The van der Waals surface area contributed by atoms with Crippen molar-refractivity contribution in [1.29, 1.82) is 0 Å². The summed E-state index contributed by atoms with van der Waals surface area (Å²) in [5.74, 6) is 1.49. The van der Waals surface area contributed by atoms with Crippen molar-refractivity contribution < 1.29 is 13.9 Å². The Hall–Kier alpha value is -1.46. The number of unbranched alkanes of at least 4 members (excludes halogenated alkanes) is 5. The quantitative estimate of drug-likeness (QED) is 0.102. The Balaban J connectivity index is 2.10. The number of benzene rings is 2. The predicted octanol–water partition coefficient (Wildman–Crippen LogP) is 9.18. The zero-order chi connectivity index (χ0) is 30.0. The van der Waals surface area contributed by atoms with Crippen LogP contribution in [0.3, 0.4) is 0 Å². The van der Waals surface area contributed by atoms with Crippen molar-refractivity contribution in [2.45, 2.75) is 124 Å². The van der Waals surface area contributed by atoms with Crippen LogP contribution < -0.4 is 10.4 Å². The maximum absolute atomic E-state index is 7.23. The molecule has 2 rings (SSSR count). The molecule has 0 aliphatic carbocycles. The number of hydrogen-bond donors (Lipinski definition) is 0. The van der Waals surface area contributed by atoms with Gasteiger partial charge in [0.2, 0.25) is 0 Å². The number of hydrogen-bond acceptors (Lipinski definition) is 3. The van der Waals surface area contributed by atoms with E-state index >= 15 is 0 Å². The summed E-state index contributed by atoms with van der Waals surface area (Å²) in [7, 11) is -2.61. The van der Waals surface area contributed by atoms with Crippen LogP contribution in [-0.2, 0) is 13.9 Å². The molecule has 0 amide bonds. The third kappa shape index (κ3) is 12.7. The van der Waals surface area contributed by atoms with Gasteiger partial charge in [0.05, 0.1) is 13.2 Å². The Bertz CT molecular complexity index is 854. The molecule has 3 nitrogen and oxygen atoms in total. The van der Waals surface area contributed by atoms with Crippen LogP contribution in [-0.4, -0.2) is 40.8 Å². The summed E-state index contributed by atoms with van der Waals surface area (Å²) in [5, 5.41) is 2.57. The van der Waals surface area contributed by atoms with Crippen molar-refractivity contribution in [2.75, 3.05) is 26.4 Å². The second kappa shape index (κ2) is 19.7. The van der Waals surface area contributed by atoms with Crippen molar-refractivity contribution in [3.8, 4) is 0 Å². The van der Waals surface area contributed by atoms with E-state index in [-0.39, 0.29) is 11.1 Å². The van der Waals surface area contributed by atoms with Crippen LogP contribution in [0.2, 0.25) is 5.04 Å². The van der Waals surface area contributed by atoms with Gasteiger partial charge >= 0.3 is 0 Å². The van der Waals surface area contributed by atoms with E-state index in [1.807, 2.05) is 0 Å². The highest BCUT2D eigenvalue weighted by molar-refractivity contribution is 6.99. The lowest BCUT2D eigenvalue weighted by molar-refractivity contribution is -0.0418. The normalized spacial score (nSPS) is 14.0. The van der Waals surface area contributed by atoms with E-state index in [4.69, 9.17) is 13.9 Å². The van der Waals surface area contributed by atoms with Crippen LogP contribution in [0.15, 0.2) is 60.7 Å². The van der Waals surface area contributed by atoms with Gasteiger partial charge in [-0.1, -0.05) is 160 Å². The van der Waals surface area contributed by atoms with E-state index in [9.17, 15) is 0 Å². The van der Waals surface area contributed by atoms with Gasteiger partial charge in [-0.25, -0.2) is 0 Å². The molecule has 2 aromatic carbocycles. The molecule has 0 heterocycles. The molecule has 232 valence electrons. The fourth-order valence-corrected chi connectivity index (χ4v) is 10.4. The topological polar surface area (TPSA) is 27.7 Å². The second-order valence-corrected chi connectivity index (χ2v) is 17.8. The van der Waals surface area contributed by atoms with Gasteiger partial charge in [-0.3, -0.25) is 0 Å². The molecule has 0 saturated heterocycles. The van der Waals surface area contributed by atoms with Crippen molar-refractivity contribution in [2.24, 2.45) is 11.8 Å². The first-order valence-electron chi connectivity index (χ1n) is 16.6. The van der Waals surface area contributed by atoms with E-state index in [2.05, 4.69) is 109 Å². The third-order valence-electron chi connectivity index (χ3n) is 8.29. The molecule has 0 saturated carbocycles. The predicted molar refractivity (Wildman–Crippen MR) is 180 cm³/mol. The molecule has 41 heavy (non-hydrogen) atoms. The van der Waals surface area contributed by atoms with Crippen LogP contribution in [0, 0.1) is 11.8 Å². The maximum Gasteiger partial charge on any atom is 0.261 e. The zero-order valence-corrected chi connectivity index (χ0v) is 28.6. The van der Waals surface area contributed by atoms with E-state index in [1.54, 1.807) is 0 Å². The Kier molecular flexibility index (Phi) is 17.1. The van der Waals surface area contributed by atoms with Crippen molar-refractivity contribution >= 4 is 18.7 Å². The Labute approximate surface area is 254 Å². The van der Waals surface area contributed by atoms with E-state index in [1.165, 1.54) is 61.7 Å². The van der Waals surface area contributed by atoms with Crippen LogP contribution >= 0.6 is 0 Å². The molecule has 0 spiro atoms. The summed E-state index contributed by atoms with van der Waals surface area (Å²) in [5.41, 5.74) is 0. The Morgan fingerprint density at radius 1 is 0.659 bits per heavy atom. The molecule has 0 aromatic heterocycles. The average molecular weight is 583 g/mol. The van der Waals surface area contributed by atoms with Gasteiger partial charge in [-0.2, -0.15) is 0 Å². The lowest BCUT2D eigenvalue weighted by atomic mass is 9.98. The first kappa shape index (κ1) is 35.7. The van der Waals surface area contributed by atoms with E-state index in [0.717, 1.165) is 32.0 Å². The van der Waals surface area contributed by atoms with Gasteiger partial charge in [0.25, 0.3) is 8.32 Å². The Morgan fingerprint density at radius 2 is 1.24 bits per heavy atom. The highest BCUT2D eigenvalue weighted by atomic mass is 28.4. The first-order chi connectivity index (χ1) is 19.7. The van der Waals surface area contributed by atoms with Gasteiger partial charge in [0.15, 0.2) is 0 Å². The minimum absolute atomic E-state index is 0.0498. The third-order valence-corrected chi connectivity index (χ3v) is 13.3. The lowest BCUT2D eigenvalue weighted by Gasteiger charge is -2.43. The molecule has 2 atom stereocenters. The van der Waals surface area contributed by atoms with Gasteiger partial charge in [0, 0.05) is 13.2 Å². The average Bonchev–Trinajstić information content (AvgIpc) is 2.95. The minimum atomic E-state index is -2.61. The molecular weight excluding hydrogens is 520 g/mol. The van der Waals surface area contributed by atoms with Gasteiger partial charge in [0.1, 0.15) is 6.10 Å². The fourth-order valence-electron chi connectivity index (χ4n) is 5.77. The molecule has 0 bridgehead atoms. The monoisotopic (exact) mass is 582 g/mol. The van der Waals surface area contributed by atoms with E-state index in [0.29, 0.717) is 19.1 Å². The van der Waals surface area contributed by atoms with Gasteiger partial charge in [-0.15, -0.1) is 0 Å². The zero-order valence-electron chi connectivity index (χ0n) is 27.6. The fraction of sp³-hybridized carbons (Fsp3) is 0.676. The summed E-state index contributed by atoms with van der Waals surface area (Å²) in [6.45, 7) is 19.0. The molecule has 2 aromatic rings. The second-order valence-electron chi connectivity index (χ2n) is 13.5. The van der Waals surface area contributed by atoms with Crippen LogP contribution in [0.5, 0.6) is 0 Å². The Morgan fingerprint density at radius 3 is 1.80 bits per heavy atom. The largest absolute Gasteiger partial charge is 0.405 e. The van der Waals surface area contributed by atoms with Gasteiger partial charge in [-0.05, 0) is 40.1 Å². The van der Waals surface area contributed by atoms with Gasteiger partial charge < -0.3 is 13.9 Å². The number of ether oxygens (including phenoxy) is 2. The number of rotatable bonds is 22. The van der Waals surface area contributed by atoms with E-state index < -0.39 is 8.32 Å². The maximum atomic E-state index is 7.23. The SMILES string of the molecule is CCCCCCCCO[C@@H](COCC[C@H](C)CCCC(C)C)CO[Si](c1ccccc1)(c1ccccc1)C(C)(C)C. The lowest BCUT2D eigenvalue weighted by Crippen LogP contribution is -2.67. The molecular formula is C37H62O3Si. The molecule has 0 aliphatic heterocycles.